The molecular weight excluding hydrogens is 388 g/mol. The number of hydrogen-bond donors (Lipinski definition) is 1. The lowest BCUT2D eigenvalue weighted by atomic mass is 10.0. The molecule has 0 aliphatic carbocycles. The van der Waals surface area contributed by atoms with E-state index in [2.05, 4.69) is 13.0 Å². The predicted octanol–water partition coefficient (Wildman–Crippen LogP) is 8.24. The van der Waals surface area contributed by atoms with Gasteiger partial charge in [-0.1, -0.05) is 116 Å². The maximum atomic E-state index is 11.6. The molecular formula is C27H50O4. The Hall–Kier alpha value is -1.32. The SMILES string of the molecule is CCCCCCCCCCCCCCCCC/C=C/CC(CC(=O)OCCC)C(=O)O. The Kier molecular flexibility index (Phi) is 22.4. The molecule has 0 saturated heterocycles. The molecule has 1 atom stereocenters. The lowest BCUT2D eigenvalue weighted by molar-refractivity contribution is -0.151. The Bertz CT molecular complexity index is 445. The van der Waals surface area contributed by atoms with Crippen LogP contribution >= 0.6 is 0 Å². The van der Waals surface area contributed by atoms with Crippen molar-refractivity contribution in [1.29, 1.82) is 0 Å². The summed E-state index contributed by atoms with van der Waals surface area (Å²) in [5.74, 6) is -2.02. The Morgan fingerprint density at radius 1 is 0.710 bits per heavy atom. The zero-order valence-electron chi connectivity index (χ0n) is 20.5. The number of carboxylic acid groups (broad SMARTS) is 1. The second-order valence-corrected chi connectivity index (χ2v) is 8.91. The van der Waals surface area contributed by atoms with Crippen molar-refractivity contribution >= 4 is 11.9 Å². The molecule has 1 unspecified atom stereocenters. The second-order valence-electron chi connectivity index (χ2n) is 8.91. The molecule has 0 spiro atoms. The Labute approximate surface area is 192 Å². The topological polar surface area (TPSA) is 63.6 Å². The van der Waals surface area contributed by atoms with Gasteiger partial charge >= 0.3 is 11.9 Å². The van der Waals surface area contributed by atoms with Crippen LogP contribution in [-0.2, 0) is 14.3 Å². The fourth-order valence-electron chi connectivity index (χ4n) is 3.76. The highest BCUT2D eigenvalue weighted by molar-refractivity contribution is 5.78. The summed E-state index contributed by atoms with van der Waals surface area (Å²) >= 11 is 0. The van der Waals surface area contributed by atoms with E-state index in [1.54, 1.807) is 0 Å². The third kappa shape index (κ3) is 21.7. The molecule has 0 aromatic carbocycles. The number of esters is 1. The summed E-state index contributed by atoms with van der Waals surface area (Å²) in [7, 11) is 0. The van der Waals surface area contributed by atoms with Gasteiger partial charge in [0.25, 0.3) is 0 Å². The highest BCUT2D eigenvalue weighted by Gasteiger charge is 2.20. The first-order valence-corrected chi connectivity index (χ1v) is 13.1. The lowest BCUT2D eigenvalue weighted by Crippen LogP contribution is -2.19. The van der Waals surface area contributed by atoms with Crippen molar-refractivity contribution in [2.24, 2.45) is 5.92 Å². The van der Waals surface area contributed by atoms with Crippen LogP contribution < -0.4 is 0 Å². The highest BCUT2D eigenvalue weighted by atomic mass is 16.5. The van der Waals surface area contributed by atoms with Crippen LogP contribution in [0.2, 0.25) is 0 Å². The number of carbonyl (C=O) groups excluding carboxylic acids is 1. The number of ether oxygens (including phenoxy) is 1. The van der Waals surface area contributed by atoms with E-state index in [1.165, 1.54) is 89.9 Å². The summed E-state index contributed by atoms with van der Waals surface area (Å²) in [5, 5.41) is 9.25. The van der Waals surface area contributed by atoms with Crippen molar-refractivity contribution in [2.45, 2.75) is 136 Å². The fraction of sp³-hybridized carbons (Fsp3) is 0.852. The molecule has 31 heavy (non-hydrogen) atoms. The van der Waals surface area contributed by atoms with Gasteiger partial charge in [0.05, 0.1) is 18.9 Å². The summed E-state index contributed by atoms with van der Waals surface area (Å²) < 4.78 is 4.99. The molecule has 0 amide bonds. The molecule has 4 heteroatoms. The van der Waals surface area contributed by atoms with Gasteiger partial charge in [-0.05, 0) is 25.7 Å². The molecule has 4 nitrogen and oxygen atoms in total. The largest absolute Gasteiger partial charge is 0.481 e. The number of carboxylic acids is 1. The average molecular weight is 439 g/mol. The maximum Gasteiger partial charge on any atom is 0.307 e. The van der Waals surface area contributed by atoms with Gasteiger partial charge in [0, 0.05) is 0 Å². The smallest absolute Gasteiger partial charge is 0.307 e. The zero-order chi connectivity index (χ0) is 23.0. The summed E-state index contributed by atoms with van der Waals surface area (Å²) in [6.45, 7) is 4.55. The Morgan fingerprint density at radius 2 is 1.19 bits per heavy atom. The van der Waals surface area contributed by atoms with Crippen LogP contribution in [0.25, 0.3) is 0 Å². The van der Waals surface area contributed by atoms with Crippen LogP contribution in [0.3, 0.4) is 0 Å². The third-order valence-corrected chi connectivity index (χ3v) is 5.79. The fourth-order valence-corrected chi connectivity index (χ4v) is 3.76. The van der Waals surface area contributed by atoms with Gasteiger partial charge in [-0.3, -0.25) is 9.59 Å². The standard InChI is InChI=1S/C27H50O4/c1-3-5-6-7-8-9-10-11-12-13-14-15-16-17-18-19-20-21-22-25(27(29)30)24-26(28)31-23-4-2/h20-21,25H,3-19,22-24H2,1-2H3,(H,29,30)/b21-20+. The molecule has 0 aromatic rings. The summed E-state index contributed by atoms with van der Waals surface area (Å²) in [5.41, 5.74) is 0. The lowest BCUT2D eigenvalue weighted by Gasteiger charge is -2.09. The first kappa shape index (κ1) is 29.7. The molecule has 0 saturated carbocycles. The molecule has 0 heterocycles. The Morgan fingerprint density at radius 3 is 1.65 bits per heavy atom. The van der Waals surface area contributed by atoms with Gasteiger partial charge in [0.1, 0.15) is 0 Å². The third-order valence-electron chi connectivity index (χ3n) is 5.79. The van der Waals surface area contributed by atoms with Crippen molar-refractivity contribution in [2.75, 3.05) is 6.61 Å². The monoisotopic (exact) mass is 438 g/mol. The maximum absolute atomic E-state index is 11.6. The summed E-state index contributed by atoms with van der Waals surface area (Å²) in [6, 6.07) is 0. The van der Waals surface area contributed by atoms with E-state index < -0.39 is 17.9 Å². The number of aliphatic carboxylic acids is 1. The molecule has 0 aromatic heterocycles. The van der Waals surface area contributed by atoms with E-state index in [-0.39, 0.29) is 6.42 Å². The normalized spacial score (nSPS) is 12.3. The van der Waals surface area contributed by atoms with Crippen LogP contribution in [0.1, 0.15) is 136 Å². The summed E-state index contributed by atoms with van der Waals surface area (Å²) in [6.07, 6.45) is 26.5. The second kappa shape index (κ2) is 23.3. The van der Waals surface area contributed by atoms with E-state index in [4.69, 9.17) is 4.74 Å². The zero-order valence-corrected chi connectivity index (χ0v) is 20.5. The van der Waals surface area contributed by atoms with Crippen LogP contribution in [0.15, 0.2) is 12.2 Å². The average Bonchev–Trinajstić information content (AvgIpc) is 2.75. The first-order valence-electron chi connectivity index (χ1n) is 13.1. The van der Waals surface area contributed by atoms with Crippen LogP contribution in [0.5, 0.6) is 0 Å². The van der Waals surface area contributed by atoms with Crippen molar-refractivity contribution in [3.63, 3.8) is 0 Å². The molecule has 1 N–H and O–H groups in total. The van der Waals surface area contributed by atoms with Crippen LogP contribution in [0, 0.1) is 5.92 Å². The van der Waals surface area contributed by atoms with Gasteiger partial charge in [0.15, 0.2) is 0 Å². The molecule has 182 valence electrons. The van der Waals surface area contributed by atoms with Crippen LogP contribution in [-0.4, -0.2) is 23.7 Å². The molecule has 0 rings (SSSR count). The molecule has 0 radical (unpaired) electrons. The van der Waals surface area contributed by atoms with Gasteiger partial charge in [-0.15, -0.1) is 0 Å². The molecule has 0 aliphatic heterocycles. The van der Waals surface area contributed by atoms with Gasteiger partial charge in [-0.25, -0.2) is 0 Å². The predicted molar refractivity (Wildman–Crippen MR) is 130 cm³/mol. The molecule has 0 fully saturated rings. The minimum absolute atomic E-state index is 0.0430. The first-order chi connectivity index (χ1) is 15.1. The van der Waals surface area contributed by atoms with Gasteiger partial charge in [-0.2, -0.15) is 0 Å². The van der Waals surface area contributed by atoms with E-state index in [0.29, 0.717) is 13.0 Å². The quantitative estimate of drug-likeness (QED) is 0.0991. The van der Waals surface area contributed by atoms with Gasteiger partial charge < -0.3 is 9.84 Å². The minimum Gasteiger partial charge on any atom is -0.481 e. The number of allylic oxidation sites excluding steroid dienone is 2. The highest BCUT2D eigenvalue weighted by Crippen LogP contribution is 2.15. The van der Waals surface area contributed by atoms with Crippen molar-refractivity contribution in [3.05, 3.63) is 12.2 Å². The van der Waals surface area contributed by atoms with E-state index in [9.17, 15) is 14.7 Å². The summed E-state index contributed by atoms with van der Waals surface area (Å²) in [4.78, 5) is 22.9. The van der Waals surface area contributed by atoms with E-state index in [0.717, 1.165) is 19.3 Å². The molecule has 0 aliphatic rings. The minimum atomic E-state index is -0.926. The van der Waals surface area contributed by atoms with Crippen molar-refractivity contribution < 1.29 is 19.4 Å². The van der Waals surface area contributed by atoms with E-state index >= 15 is 0 Å². The van der Waals surface area contributed by atoms with Crippen LogP contribution in [0.4, 0.5) is 0 Å². The van der Waals surface area contributed by atoms with Gasteiger partial charge in [0.2, 0.25) is 0 Å². The Balaban J connectivity index is 3.48. The van der Waals surface area contributed by atoms with Crippen molar-refractivity contribution in [1.82, 2.24) is 0 Å². The number of hydrogen-bond acceptors (Lipinski definition) is 3. The van der Waals surface area contributed by atoms with Crippen molar-refractivity contribution in [3.8, 4) is 0 Å². The number of unbranched alkanes of at least 4 members (excludes halogenated alkanes) is 15. The number of rotatable bonds is 23. The number of carbonyl (C=O) groups is 2. The van der Waals surface area contributed by atoms with E-state index in [1.807, 2.05) is 13.0 Å². The molecule has 0 bridgehead atoms.